The summed E-state index contributed by atoms with van der Waals surface area (Å²) in [4.78, 5) is 16.2. The molecular weight excluding hydrogens is 218 g/mol. The van der Waals surface area contributed by atoms with Gasteiger partial charge < -0.3 is 15.8 Å². The summed E-state index contributed by atoms with van der Waals surface area (Å²) < 4.78 is 5.24. The average molecular weight is 235 g/mol. The molecule has 2 atom stereocenters. The minimum absolute atomic E-state index is 0.0758. The first-order valence-electron chi connectivity index (χ1n) is 5.64. The van der Waals surface area contributed by atoms with Crippen molar-refractivity contribution in [3.8, 4) is 0 Å². The summed E-state index contributed by atoms with van der Waals surface area (Å²) in [7, 11) is 0. The first-order valence-corrected chi connectivity index (χ1v) is 5.64. The van der Waals surface area contributed by atoms with E-state index in [1.165, 1.54) is 0 Å². The second-order valence-corrected chi connectivity index (χ2v) is 4.54. The van der Waals surface area contributed by atoms with E-state index in [1.54, 1.807) is 6.20 Å². The lowest BCUT2D eigenvalue weighted by atomic mass is 9.85. The summed E-state index contributed by atoms with van der Waals surface area (Å²) >= 11 is 0. The second-order valence-electron chi connectivity index (χ2n) is 4.54. The number of rotatable bonds is 3. The summed E-state index contributed by atoms with van der Waals surface area (Å²) in [5, 5.41) is 2.85. The van der Waals surface area contributed by atoms with Crippen LogP contribution in [0, 0.1) is 5.41 Å². The molecule has 1 fully saturated rings. The molecule has 0 aromatic carbocycles. The van der Waals surface area contributed by atoms with E-state index in [1.807, 2.05) is 25.1 Å². The van der Waals surface area contributed by atoms with Crippen LogP contribution in [0.25, 0.3) is 0 Å². The highest BCUT2D eigenvalue weighted by atomic mass is 16.5. The van der Waals surface area contributed by atoms with Gasteiger partial charge in [-0.3, -0.25) is 9.78 Å². The Balaban J connectivity index is 1.94. The summed E-state index contributed by atoms with van der Waals surface area (Å²) in [5.74, 6) is -0.0758. The number of aromatic nitrogens is 1. The van der Waals surface area contributed by atoms with Crippen LogP contribution in [0.15, 0.2) is 24.4 Å². The van der Waals surface area contributed by atoms with E-state index in [2.05, 4.69) is 10.3 Å². The Labute approximate surface area is 100 Å². The zero-order chi connectivity index (χ0) is 12.3. The Hall–Kier alpha value is -1.46. The van der Waals surface area contributed by atoms with Crippen LogP contribution < -0.4 is 11.1 Å². The van der Waals surface area contributed by atoms with Crippen LogP contribution >= 0.6 is 0 Å². The molecule has 5 nitrogen and oxygen atoms in total. The smallest absolute Gasteiger partial charge is 0.230 e. The Bertz CT molecular complexity index is 396. The maximum atomic E-state index is 12.1. The van der Waals surface area contributed by atoms with Crippen molar-refractivity contribution in [1.29, 1.82) is 0 Å². The highest BCUT2D eigenvalue weighted by Gasteiger charge is 2.44. The lowest BCUT2D eigenvalue weighted by molar-refractivity contribution is -0.130. The molecule has 92 valence electrons. The highest BCUT2D eigenvalue weighted by Crippen LogP contribution is 2.27. The summed E-state index contributed by atoms with van der Waals surface area (Å²) in [5.41, 5.74) is 6.08. The predicted octanol–water partition coefficient (Wildman–Crippen LogP) is 0.0616. The van der Waals surface area contributed by atoms with E-state index in [0.717, 1.165) is 5.69 Å². The van der Waals surface area contributed by atoms with E-state index in [0.29, 0.717) is 19.8 Å². The predicted molar refractivity (Wildman–Crippen MR) is 63.0 cm³/mol. The fourth-order valence-corrected chi connectivity index (χ4v) is 1.80. The quantitative estimate of drug-likeness (QED) is 0.776. The van der Waals surface area contributed by atoms with Crippen molar-refractivity contribution in [2.75, 3.05) is 13.2 Å². The average Bonchev–Trinajstić information content (AvgIpc) is 2.69. The summed E-state index contributed by atoms with van der Waals surface area (Å²) in [6.07, 6.45) is 1.70. The van der Waals surface area contributed by atoms with E-state index < -0.39 is 5.41 Å². The molecule has 5 heteroatoms. The number of amides is 1. The van der Waals surface area contributed by atoms with Gasteiger partial charge in [-0.05, 0) is 19.1 Å². The Kier molecular flexibility index (Phi) is 3.40. The molecule has 1 saturated heterocycles. The monoisotopic (exact) mass is 235 g/mol. The number of pyridine rings is 1. The topological polar surface area (TPSA) is 77.2 Å². The molecule has 1 aromatic rings. The summed E-state index contributed by atoms with van der Waals surface area (Å²) in [6.45, 7) is 3.07. The molecule has 2 rings (SSSR count). The van der Waals surface area contributed by atoms with Crippen molar-refractivity contribution in [1.82, 2.24) is 10.3 Å². The van der Waals surface area contributed by atoms with Gasteiger partial charge >= 0.3 is 0 Å². The van der Waals surface area contributed by atoms with Gasteiger partial charge in [-0.2, -0.15) is 0 Å². The fourth-order valence-electron chi connectivity index (χ4n) is 1.80. The van der Waals surface area contributed by atoms with Crippen LogP contribution in [-0.4, -0.2) is 30.1 Å². The molecule has 0 saturated carbocycles. The van der Waals surface area contributed by atoms with E-state index >= 15 is 0 Å². The molecule has 2 unspecified atom stereocenters. The number of nitrogens with zero attached hydrogens (tertiary/aromatic N) is 1. The molecule has 0 radical (unpaired) electrons. The van der Waals surface area contributed by atoms with Gasteiger partial charge in [-0.1, -0.05) is 6.07 Å². The van der Waals surface area contributed by atoms with Crippen LogP contribution in [0.4, 0.5) is 0 Å². The third-order valence-electron chi connectivity index (χ3n) is 3.19. The Morgan fingerprint density at radius 3 is 3.12 bits per heavy atom. The third kappa shape index (κ3) is 2.45. The van der Waals surface area contributed by atoms with Crippen LogP contribution in [0.5, 0.6) is 0 Å². The van der Waals surface area contributed by atoms with Gasteiger partial charge in [0.25, 0.3) is 0 Å². The molecule has 1 aromatic heterocycles. The normalized spacial score (nSPS) is 28.0. The maximum absolute atomic E-state index is 12.1. The zero-order valence-electron chi connectivity index (χ0n) is 9.85. The molecule has 0 bridgehead atoms. The standard InChI is InChI=1S/C12H17N3O2/c1-12(8-17-7-10(12)13)11(16)15-6-9-4-2-3-5-14-9/h2-5,10H,6-8,13H2,1H3,(H,15,16). The number of hydrogen-bond donors (Lipinski definition) is 2. The number of carbonyl (C=O) groups is 1. The van der Waals surface area contributed by atoms with Crippen molar-refractivity contribution in [3.05, 3.63) is 30.1 Å². The molecule has 2 heterocycles. The lowest BCUT2D eigenvalue weighted by Crippen LogP contribution is -2.49. The molecule has 0 aliphatic carbocycles. The number of hydrogen-bond acceptors (Lipinski definition) is 4. The highest BCUT2D eigenvalue weighted by molar-refractivity contribution is 5.83. The van der Waals surface area contributed by atoms with E-state index in [-0.39, 0.29) is 11.9 Å². The molecule has 1 aliphatic rings. The van der Waals surface area contributed by atoms with Gasteiger partial charge in [-0.15, -0.1) is 0 Å². The van der Waals surface area contributed by atoms with E-state index in [4.69, 9.17) is 10.5 Å². The summed E-state index contributed by atoms with van der Waals surface area (Å²) in [6, 6.07) is 5.35. The van der Waals surface area contributed by atoms with Crippen LogP contribution in [0.3, 0.4) is 0 Å². The van der Waals surface area contributed by atoms with Gasteiger partial charge in [0.05, 0.1) is 30.9 Å². The molecule has 3 N–H and O–H groups in total. The largest absolute Gasteiger partial charge is 0.379 e. The van der Waals surface area contributed by atoms with Gasteiger partial charge in [0.15, 0.2) is 0 Å². The van der Waals surface area contributed by atoms with Crippen LogP contribution in [-0.2, 0) is 16.1 Å². The van der Waals surface area contributed by atoms with Gasteiger partial charge in [0.2, 0.25) is 5.91 Å². The van der Waals surface area contributed by atoms with Crippen LogP contribution in [0.2, 0.25) is 0 Å². The van der Waals surface area contributed by atoms with Crippen molar-refractivity contribution >= 4 is 5.91 Å². The number of ether oxygens (including phenoxy) is 1. The third-order valence-corrected chi connectivity index (χ3v) is 3.19. The van der Waals surface area contributed by atoms with Crippen molar-refractivity contribution in [3.63, 3.8) is 0 Å². The van der Waals surface area contributed by atoms with Crippen molar-refractivity contribution in [2.45, 2.75) is 19.5 Å². The lowest BCUT2D eigenvalue weighted by Gasteiger charge is -2.25. The van der Waals surface area contributed by atoms with Crippen molar-refractivity contribution < 1.29 is 9.53 Å². The minimum Gasteiger partial charge on any atom is -0.379 e. The zero-order valence-corrected chi connectivity index (χ0v) is 9.85. The molecule has 1 amide bonds. The van der Waals surface area contributed by atoms with Gasteiger partial charge in [0.1, 0.15) is 0 Å². The molecule has 1 aliphatic heterocycles. The first-order chi connectivity index (χ1) is 8.13. The molecule has 17 heavy (non-hydrogen) atoms. The minimum atomic E-state index is -0.630. The number of carbonyl (C=O) groups excluding carboxylic acids is 1. The Morgan fingerprint density at radius 2 is 2.53 bits per heavy atom. The SMILES string of the molecule is CC1(C(=O)NCc2ccccn2)COCC1N. The molecular formula is C12H17N3O2. The number of nitrogens with two attached hydrogens (primary N) is 1. The number of nitrogens with one attached hydrogen (secondary N) is 1. The fraction of sp³-hybridized carbons (Fsp3) is 0.500. The van der Waals surface area contributed by atoms with Gasteiger partial charge in [-0.25, -0.2) is 0 Å². The Morgan fingerprint density at radius 1 is 1.71 bits per heavy atom. The van der Waals surface area contributed by atoms with Gasteiger partial charge in [0, 0.05) is 12.2 Å². The first kappa shape index (κ1) is 12.0. The van der Waals surface area contributed by atoms with E-state index in [9.17, 15) is 4.79 Å². The second kappa shape index (κ2) is 4.81. The molecule has 0 spiro atoms. The van der Waals surface area contributed by atoms with Crippen LogP contribution in [0.1, 0.15) is 12.6 Å². The maximum Gasteiger partial charge on any atom is 0.230 e. The van der Waals surface area contributed by atoms with Crippen molar-refractivity contribution in [2.24, 2.45) is 11.1 Å².